The van der Waals surface area contributed by atoms with Crippen LogP contribution >= 0.6 is 0 Å². The summed E-state index contributed by atoms with van der Waals surface area (Å²) in [6, 6.07) is 24.0. The van der Waals surface area contributed by atoms with E-state index < -0.39 is 0 Å². The van der Waals surface area contributed by atoms with Gasteiger partial charge in [-0.1, -0.05) is 68.0 Å². The number of halogens is 1. The Kier molecular flexibility index (Phi) is 14.5. The highest BCUT2D eigenvalue weighted by molar-refractivity contribution is 5.61. The fraction of sp³-hybridized carbons (Fsp3) is 0.278. The van der Waals surface area contributed by atoms with Gasteiger partial charge in [-0.2, -0.15) is 0 Å². The Bertz CT molecular complexity index is 1380. The highest BCUT2D eigenvalue weighted by Crippen LogP contribution is 2.25. The first-order valence-corrected chi connectivity index (χ1v) is 14.7. The average Bonchev–Trinajstić information content (AvgIpc) is 3.47. The lowest BCUT2D eigenvalue weighted by atomic mass is 10.2. The van der Waals surface area contributed by atoms with Crippen LogP contribution in [0.5, 0.6) is 5.75 Å². The Morgan fingerprint density at radius 2 is 1.74 bits per heavy atom. The minimum atomic E-state index is -0.299. The van der Waals surface area contributed by atoms with Crippen LogP contribution < -0.4 is 10.1 Å². The maximum absolute atomic E-state index is 13.6. The average molecular weight is 567 g/mol. The molecule has 4 rings (SSSR count). The fourth-order valence-corrected chi connectivity index (χ4v) is 4.06. The van der Waals surface area contributed by atoms with Crippen molar-refractivity contribution in [3.05, 3.63) is 127 Å². The largest absolute Gasteiger partial charge is 0.494 e. The Morgan fingerprint density at radius 1 is 0.952 bits per heavy atom. The van der Waals surface area contributed by atoms with Crippen LogP contribution in [0.15, 0.2) is 115 Å². The molecule has 2 heterocycles. The lowest BCUT2D eigenvalue weighted by molar-refractivity contribution is 0.309. The van der Waals surface area contributed by atoms with Gasteiger partial charge in [0.25, 0.3) is 0 Å². The first-order chi connectivity index (χ1) is 20.7. The summed E-state index contributed by atoms with van der Waals surface area (Å²) in [5, 5.41) is 3.43. The number of hydrogen-bond donors (Lipinski definition) is 1. The molecule has 0 saturated carbocycles. The molecule has 0 atom stereocenters. The third-order valence-corrected chi connectivity index (χ3v) is 6.37. The summed E-state index contributed by atoms with van der Waals surface area (Å²) in [6.45, 7) is 8.65. The number of allylic oxidation sites excluding steroid dienone is 5. The number of nitrogens with zero attached hydrogens (tertiary/aromatic N) is 3. The fourth-order valence-electron chi connectivity index (χ4n) is 4.06. The Labute approximate surface area is 250 Å². The molecular formula is C36H43FN4O. The lowest BCUT2D eigenvalue weighted by Gasteiger charge is -2.12. The first-order valence-electron chi connectivity index (χ1n) is 14.7. The molecule has 0 radical (unpaired) electrons. The molecular weight excluding hydrogens is 523 g/mol. The number of benzene rings is 2. The van der Waals surface area contributed by atoms with Crippen LogP contribution in [-0.4, -0.2) is 27.7 Å². The van der Waals surface area contributed by atoms with Gasteiger partial charge in [-0.3, -0.25) is 9.55 Å². The molecule has 5 nitrogen and oxygen atoms in total. The molecule has 0 aliphatic rings. The molecule has 0 unspecified atom stereocenters. The topological polar surface area (TPSA) is 52.0 Å². The van der Waals surface area contributed by atoms with Crippen molar-refractivity contribution in [2.24, 2.45) is 0 Å². The van der Waals surface area contributed by atoms with E-state index in [1.165, 1.54) is 30.6 Å². The molecule has 0 spiro atoms. The van der Waals surface area contributed by atoms with Crippen molar-refractivity contribution in [3.8, 4) is 23.0 Å². The van der Waals surface area contributed by atoms with Gasteiger partial charge in [-0.25, -0.2) is 9.37 Å². The summed E-state index contributed by atoms with van der Waals surface area (Å²) in [5.41, 5.74) is 3.77. The summed E-state index contributed by atoms with van der Waals surface area (Å²) in [5.74, 6) is 1.22. The highest BCUT2D eigenvalue weighted by atomic mass is 19.1. The molecule has 0 aliphatic heterocycles. The van der Waals surface area contributed by atoms with Crippen molar-refractivity contribution in [1.82, 2.24) is 19.9 Å². The van der Waals surface area contributed by atoms with Crippen molar-refractivity contribution in [2.75, 3.05) is 13.2 Å². The predicted molar refractivity (Wildman–Crippen MR) is 173 cm³/mol. The lowest BCUT2D eigenvalue weighted by Crippen LogP contribution is -2.14. The van der Waals surface area contributed by atoms with E-state index in [2.05, 4.69) is 71.6 Å². The second kappa shape index (κ2) is 18.9. The summed E-state index contributed by atoms with van der Waals surface area (Å²) >= 11 is 0. The minimum absolute atomic E-state index is 0.299. The second-order valence-corrected chi connectivity index (χ2v) is 9.63. The predicted octanol–water partition coefficient (Wildman–Crippen LogP) is 9.13. The monoisotopic (exact) mass is 566 g/mol. The second-order valence-electron chi connectivity index (χ2n) is 9.63. The normalized spacial score (nSPS) is 11.6. The van der Waals surface area contributed by atoms with Crippen molar-refractivity contribution in [3.63, 3.8) is 0 Å². The molecule has 220 valence electrons. The van der Waals surface area contributed by atoms with Crippen molar-refractivity contribution in [1.29, 1.82) is 0 Å². The van der Waals surface area contributed by atoms with Gasteiger partial charge in [-0.15, -0.1) is 0 Å². The zero-order valence-electron chi connectivity index (χ0n) is 25.0. The number of pyridine rings is 1. The van der Waals surface area contributed by atoms with E-state index in [-0.39, 0.29) is 5.83 Å². The van der Waals surface area contributed by atoms with Gasteiger partial charge < -0.3 is 10.1 Å². The van der Waals surface area contributed by atoms with E-state index in [9.17, 15) is 4.39 Å². The highest BCUT2D eigenvalue weighted by Gasteiger charge is 2.13. The summed E-state index contributed by atoms with van der Waals surface area (Å²) in [7, 11) is 0. The van der Waals surface area contributed by atoms with E-state index >= 15 is 0 Å². The molecule has 6 heteroatoms. The van der Waals surface area contributed by atoms with Gasteiger partial charge in [0, 0.05) is 18.4 Å². The SMILES string of the molecule is C/C=C(F)\C=C/c1cnc(-c2ccccn2)n1-c1ccc(OCCCC)cc1.C/C=C\CCCNCc1ccccc1. The maximum atomic E-state index is 13.6. The molecule has 0 bridgehead atoms. The van der Waals surface area contributed by atoms with E-state index in [1.54, 1.807) is 25.4 Å². The van der Waals surface area contributed by atoms with Crippen molar-refractivity contribution >= 4 is 6.08 Å². The number of nitrogens with one attached hydrogen (secondary N) is 1. The van der Waals surface area contributed by atoms with Crippen LogP contribution in [0.25, 0.3) is 23.3 Å². The quantitative estimate of drug-likeness (QED) is 0.0939. The van der Waals surface area contributed by atoms with Crippen molar-refractivity contribution < 1.29 is 9.13 Å². The van der Waals surface area contributed by atoms with Crippen LogP contribution in [0.2, 0.25) is 0 Å². The standard InChI is InChI=1S/C23H24FN3O.C13H19N/c1-3-5-16-28-21-13-11-19(12-14-21)27-20(10-9-18(24)4-2)17-26-23(27)22-8-6-7-15-25-22;1-2-3-4-8-11-14-12-13-9-6-5-7-10-13/h4,6-15,17H,3,5,16H2,1-2H3;2-3,5-7,9-10,14H,4,8,11-12H2,1H3/b10-9-,18-4+;3-2-. The van der Waals surface area contributed by atoms with Gasteiger partial charge in [-0.05, 0) is 93.8 Å². The number of ether oxygens (including phenoxy) is 1. The van der Waals surface area contributed by atoms with E-state index in [4.69, 9.17) is 4.74 Å². The van der Waals surface area contributed by atoms with E-state index in [0.29, 0.717) is 12.4 Å². The zero-order chi connectivity index (χ0) is 29.8. The molecule has 2 aromatic heterocycles. The number of aromatic nitrogens is 3. The number of unbranched alkanes of at least 4 members (excludes halogenated alkanes) is 2. The van der Waals surface area contributed by atoms with Crippen LogP contribution in [-0.2, 0) is 6.54 Å². The molecule has 0 fully saturated rings. The molecule has 1 N–H and O–H groups in total. The van der Waals surface area contributed by atoms with E-state index in [1.807, 2.05) is 47.0 Å². The summed E-state index contributed by atoms with van der Waals surface area (Å²) < 4.78 is 21.3. The third kappa shape index (κ3) is 10.9. The van der Waals surface area contributed by atoms with Gasteiger partial charge in [0.1, 0.15) is 17.3 Å². The molecule has 4 aromatic rings. The zero-order valence-corrected chi connectivity index (χ0v) is 25.0. The van der Waals surface area contributed by atoms with Gasteiger partial charge in [0.15, 0.2) is 5.82 Å². The van der Waals surface area contributed by atoms with Crippen molar-refractivity contribution in [2.45, 2.75) is 53.0 Å². The van der Waals surface area contributed by atoms with Gasteiger partial charge in [0.2, 0.25) is 0 Å². The Morgan fingerprint density at radius 3 is 2.43 bits per heavy atom. The number of rotatable bonds is 14. The first kappa shape index (κ1) is 32.2. The Balaban J connectivity index is 0.000000291. The molecule has 42 heavy (non-hydrogen) atoms. The third-order valence-electron chi connectivity index (χ3n) is 6.37. The minimum Gasteiger partial charge on any atom is -0.494 e. The summed E-state index contributed by atoms with van der Waals surface area (Å²) in [4.78, 5) is 8.94. The van der Waals surface area contributed by atoms with Crippen LogP contribution in [0.1, 0.15) is 57.7 Å². The molecule has 0 amide bonds. The van der Waals surface area contributed by atoms with Crippen LogP contribution in [0.3, 0.4) is 0 Å². The molecule has 0 saturated heterocycles. The van der Waals surface area contributed by atoms with Crippen LogP contribution in [0, 0.1) is 0 Å². The van der Waals surface area contributed by atoms with E-state index in [0.717, 1.165) is 48.8 Å². The van der Waals surface area contributed by atoms with Gasteiger partial charge in [0.05, 0.1) is 18.5 Å². The summed E-state index contributed by atoms with van der Waals surface area (Å²) in [6.07, 6.45) is 16.8. The van der Waals surface area contributed by atoms with Gasteiger partial charge >= 0.3 is 0 Å². The number of hydrogen-bond acceptors (Lipinski definition) is 4. The molecule has 2 aromatic carbocycles. The number of imidazole rings is 1. The molecule has 0 aliphatic carbocycles. The maximum Gasteiger partial charge on any atom is 0.163 e. The smallest absolute Gasteiger partial charge is 0.163 e. The Hall–Kier alpha value is -4.29. The van der Waals surface area contributed by atoms with Crippen LogP contribution in [0.4, 0.5) is 4.39 Å².